The third-order valence-electron chi connectivity index (χ3n) is 4.17. The SMILES string of the molecule is O=C(Cc1ccc(Cl)cc1)N1CCN(c2cc(C(F)(F)F)ncn2)CC1. The lowest BCUT2D eigenvalue weighted by molar-refractivity contribution is -0.141. The molecule has 0 radical (unpaired) electrons. The topological polar surface area (TPSA) is 49.3 Å². The van der Waals surface area contributed by atoms with Gasteiger partial charge in [-0.25, -0.2) is 9.97 Å². The normalized spacial score (nSPS) is 15.2. The zero-order valence-corrected chi connectivity index (χ0v) is 14.5. The molecule has 5 nitrogen and oxygen atoms in total. The van der Waals surface area contributed by atoms with Crippen molar-refractivity contribution in [3.05, 3.63) is 52.9 Å². The number of halogens is 4. The highest BCUT2D eigenvalue weighted by Gasteiger charge is 2.33. The zero-order valence-electron chi connectivity index (χ0n) is 13.7. The molecule has 0 atom stereocenters. The number of benzene rings is 1. The molecule has 9 heteroatoms. The van der Waals surface area contributed by atoms with Crippen molar-refractivity contribution in [1.29, 1.82) is 0 Å². The van der Waals surface area contributed by atoms with Gasteiger partial charge >= 0.3 is 6.18 Å². The van der Waals surface area contributed by atoms with Crippen molar-refractivity contribution in [3.63, 3.8) is 0 Å². The molecule has 1 aromatic heterocycles. The number of alkyl halides is 3. The number of nitrogens with zero attached hydrogens (tertiary/aromatic N) is 4. The number of amides is 1. The van der Waals surface area contributed by atoms with Crippen molar-refractivity contribution in [2.75, 3.05) is 31.1 Å². The number of rotatable bonds is 3. The highest BCUT2D eigenvalue weighted by molar-refractivity contribution is 6.30. The Morgan fingerprint density at radius 3 is 2.35 bits per heavy atom. The Balaban J connectivity index is 1.59. The standard InChI is InChI=1S/C17H16ClF3N4O/c18-13-3-1-12(2-4-13)9-16(26)25-7-5-24(6-8-25)15-10-14(17(19,20)21)22-11-23-15/h1-4,10-11H,5-9H2. The minimum atomic E-state index is -4.51. The number of anilines is 1. The van der Waals surface area contributed by atoms with Gasteiger partial charge in [-0.05, 0) is 17.7 Å². The summed E-state index contributed by atoms with van der Waals surface area (Å²) >= 11 is 5.83. The molecule has 1 aromatic carbocycles. The molecule has 138 valence electrons. The Kier molecular flexibility index (Phi) is 5.31. The van der Waals surface area contributed by atoms with E-state index in [1.54, 1.807) is 34.1 Å². The molecule has 1 fully saturated rings. The second kappa shape index (κ2) is 7.49. The van der Waals surface area contributed by atoms with Gasteiger partial charge in [-0.3, -0.25) is 4.79 Å². The van der Waals surface area contributed by atoms with Gasteiger partial charge in [0.15, 0.2) is 0 Å². The first-order valence-electron chi connectivity index (χ1n) is 7.99. The molecule has 1 saturated heterocycles. The molecule has 2 heterocycles. The smallest absolute Gasteiger partial charge is 0.353 e. The predicted octanol–water partition coefficient (Wildman–Crippen LogP) is 3.04. The fourth-order valence-corrected chi connectivity index (χ4v) is 2.87. The Hall–Kier alpha value is -2.35. The van der Waals surface area contributed by atoms with Crippen molar-refractivity contribution in [3.8, 4) is 0 Å². The molecule has 0 saturated carbocycles. The highest BCUT2D eigenvalue weighted by Crippen LogP contribution is 2.29. The fourth-order valence-electron chi connectivity index (χ4n) is 2.75. The quantitative estimate of drug-likeness (QED) is 0.816. The van der Waals surface area contributed by atoms with Crippen LogP contribution in [0.2, 0.25) is 5.02 Å². The Bertz CT molecular complexity index is 774. The molecule has 26 heavy (non-hydrogen) atoms. The average molecular weight is 385 g/mol. The number of hydrogen-bond donors (Lipinski definition) is 0. The van der Waals surface area contributed by atoms with E-state index in [0.29, 0.717) is 31.2 Å². The summed E-state index contributed by atoms with van der Waals surface area (Å²) in [7, 11) is 0. The van der Waals surface area contributed by atoms with Crippen LogP contribution in [0.1, 0.15) is 11.3 Å². The molecule has 2 aromatic rings. The van der Waals surface area contributed by atoms with Crippen LogP contribution in [0.3, 0.4) is 0 Å². The van der Waals surface area contributed by atoms with Gasteiger partial charge in [0, 0.05) is 37.3 Å². The van der Waals surface area contributed by atoms with E-state index in [-0.39, 0.29) is 18.1 Å². The van der Waals surface area contributed by atoms with E-state index in [4.69, 9.17) is 11.6 Å². The van der Waals surface area contributed by atoms with E-state index >= 15 is 0 Å². The molecule has 1 amide bonds. The molecule has 1 aliphatic heterocycles. The van der Waals surface area contributed by atoms with Gasteiger partial charge in [0.2, 0.25) is 5.91 Å². The monoisotopic (exact) mass is 384 g/mol. The third kappa shape index (κ3) is 4.43. The Morgan fingerprint density at radius 2 is 1.73 bits per heavy atom. The second-order valence-electron chi connectivity index (χ2n) is 5.93. The molecular weight excluding hydrogens is 369 g/mol. The number of carbonyl (C=O) groups excluding carboxylic acids is 1. The van der Waals surface area contributed by atoms with Crippen molar-refractivity contribution < 1.29 is 18.0 Å². The number of aromatic nitrogens is 2. The maximum Gasteiger partial charge on any atom is 0.433 e. The average Bonchev–Trinajstić information content (AvgIpc) is 2.63. The van der Waals surface area contributed by atoms with E-state index in [1.807, 2.05) is 0 Å². The summed E-state index contributed by atoms with van der Waals surface area (Å²) in [6.07, 6.45) is -3.33. The summed E-state index contributed by atoms with van der Waals surface area (Å²) in [5, 5.41) is 0.609. The van der Waals surface area contributed by atoms with Crippen LogP contribution in [0.25, 0.3) is 0 Å². The van der Waals surface area contributed by atoms with E-state index in [0.717, 1.165) is 18.0 Å². The first-order chi connectivity index (χ1) is 12.3. The van der Waals surface area contributed by atoms with Gasteiger partial charge in [0.1, 0.15) is 17.8 Å². The van der Waals surface area contributed by atoms with Crippen LogP contribution in [0.4, 0.5) is 19.0 Å². The summed E-state index contributed by atoms with van der Waals surface area (Å²) in [6.45, 7) is 1.69. The zero-order chi connectivity index (χ0) is 18.7. The van der Waals surface area contributed by atoms with Crippen LogP contribution in [0, 0.1) is 0 Å². The lowest BCUT2D eigenvalue weighted by atomic mass is 10.1. The van der Waals surface area contributed by atoms with E-state index in [9.17, 15) is 18.0 Å². The number of hydrogen-bond acceptors (Lipinski definition) is 4. The molecular formula is C17H16ClF3N4O. The molecule has 0 N–H and O–H groups in total. The van der Waals surface area contributed by atoms with Crippen LogP contribution in [0.15, 0.2) is 36.7 Å². The van der Waals surface area contributed by atoms with Gasteiger partial charge in [-0.1, -0.05) is 23.7 Å². The summed E-state index contributed by atoms with van der Waals surface area (Å²) in [4.78, 5) is 23.0. The fraction of sp³-hybridized carbons (Fsp3) is 0.353. The van der Waals surface area contributed by atoms with Crippen molar-refractivity contribution in [2.24, 2.45) is 0 Å². The van der Waals surface area contributed by atoms with Crippen molar-refractivity contribution in [1.82, 2.24) is 14.9 Å². The number of carbonyl (C=O) groups is 1. The second-order valence-corrected chi connectivity index (χ2v) is 6.37. The summed E-state index contributed by atoms with van der Waals surface area (Å²) < 4.78 is 38.3. The minimum Gasteiger partial charge on any atom is -0.353 e. The van der Waals surface area contributed by atoms with Crippen LogP contribution < -0.4 is 4.90 Å². The molecule has 0 unspecified atom stereocenters. The summed E-state index contributed by atoms with van der Waals surface area (Å²) in [6, 6.07) is 8.00. The maximum absolute atomic E-state index is 12.8. The van der Waals surface area contributed by atoms with Gasteiger partial charge in [0.05, 0.1) is 6.42 Å². The largest absolute Gasteiger partial charge is 0.433 e. The molecule has 1 aliphatic rings. The lowest BCUT2D eigenvalue weighted by Gasteiger charge is -2.35. The van der Waals surface area contributed by atoms with Crippen molar-refractivity contribution >= 4 is 23.3 Å². The lowest BCUT2D eigenvalue weighted by Crippen LogP contribution is -2.49. The van der Waals surface area contributed by atoms with Crippen LogP contribution in [0.5, 0.6) is 0 Å². The number of piperazine rings is 1. The van der Waals surface area contributed by atoms with Gasteiger partial charge in [-0.2, -0.15) is 13.2 Å². The van der Waals surface area contributed by atoms with E-state index in [1.165, 1.54) is 0 Å². The molecule has 0 aliphatic carbocycles. The summed E-state index contributed by atoms with van der Waals surface area (Å²) in [5.74, 6) is 0.197. The predicted molar refractivity (Wildman–Crippen MR) is 91.0 cm³/mol. The van der Waals surface area contributed by atoms with Crippen LogP contribution in [-0.4, -0.2) is 47.0 Å². The van der Waals surface area contributed by atoms with Crippen molar-refractivity contribution in [2.45, 2.75) is 12.6 Å². The first kappa shape index (κ1) is 18.4. The highest BCUT2D eigenvalue weighted by atomic mass is 35.5. The van der Waals surface area contributed by atoms with E-state index < -0.39 is 11.9 Å². The molecule has 0 spiro atoms. The molecule has 3 rings (SSSR count). The third-order valence-corrected chi connectivity index (χ3v) is 4.42. The van der Waals surface area contributed by atoms with E-state index in [2.05, 4.69) is 9.97 Å². The van der Waals surface area contributed by atoms with Crippen LogP contribution >= 0.6 is 11.6 Å². The minimum absolute atomic E-state index is 0.0226. The Labute approximate surface area is 153 Å². The first-order valence-corrected chi connectivity index (χ1v) is 8.37. The molecule has 0 bridgehead atoms. The van der Waals surface area contributed by atoms with Gasteiger partial charge < -0.3 is 9.80 Å². The van der Waals surface area contributed by atoms with Gasteiger partial charge in [0.25, 0.3) is 0 Å². The van der Waals surface area contributed by atoms with Gasteiger partial charge in [-0.15, -0.1) is 0 Å². The maximum atomic E-state index is 12.8. The summed E-state index contributed by atoms with van der Waals surface area (Å²) in [5.41, 5.74) is -0.101. The van der Waals surface area contributed by atoms with Crippen LogP contribution in [-0.2, 0) is 17.4 Å². The Morgan fingerprint density at radius 1 is 1.08 bits per heavy atom.